The van der Waals surface area contributed by atoms with Crippen molar-refractivity contribution in [3.8, 4) is 5.75 Å². The molecule has 0 spiro atoms. The second-order valence-electron chi connectivity index (χ2n) is 3.79. The standard InChI is InChI=1S/C12H14N2O2/c1-16-11-6-4-10(5-7-11)12(15)14-13-8-9-2-3-9/h4-9H,2-3H2,1H3,(H,14,15)/b13-8-. The highest BCUT2D eigenvalue weighted by Crippen LogP contribution is 2.26. The van der Waals surface area contributed by atoms with Gasteiger partial charge >= 0.3 is 0 Å². The van der Waals surface area contributed by atoms with Crippen LogP contribution < -0.4 is 10.2 Å². The van der Waals surface area contributed by atoms with Crippen LogP contribution in [0.2, 0.25) is 0 Å². The van der Waals surface area contributed by atoms with Gasteiger partial charge in [-0.2, -0.15) is 5.10 Å². The van der Waals surface area contributed by atoms with E-state index in [2.05, 4.69) is 10.5 Å². The van der Waals surface area contributed by atoms with Gasteiger partial charge in [0, 0.05) is 11.8 Å². The molecule has 1 saturated carbocycles. The Balaban J connectivity index is 1.91. The van der Waals surface area contributed by atoms with Gasteiger partial charge in [-0.05, 0) is 43.0 Å². The molecule has 1 amide bonds. The molecule has 1 aromatic carbocycles. The zero-order valence-electron chi connectivity index (χ0n) is 9.14. The molecular weight excluding hydrogens is 204 g/mol. The third kappa shape index (κ3) is 2.82. The van der Waals surface area contributed by atoms with E-state index in [1.807, 2.05) is 0 Å². The van der Waals surface area contributed by atoms with Crippen LogP contribution in [0, 0.1) is 5.92 Å². The topological polar surface area (TPSA) is 50.7 Å². The summed E-state index contributed by atoms with van der Waals surface area (Å²) < 4.78 is 5.01. The van der Waals surface area contributed by atoms with Gasteiger partial charge in [-0.15, -0.1) is 0 Å². The Morgan fingerprint density at radius 3 is 2.69 bits per heavy atom. The zero-order valence-corrected chi connectivity index (χ0v) is 9.14. The molecule has 84 valence electrons. The zero-order chi connectivity index (χ0) is 11.4. The minimum absolute atomic E-state index is 0.195. The van der Waals surface area contributed by atoms with Crippen molar-refractivity contribution in [2.45, 2.75) is 12.8 Å². The van der Waals surface area contributed by atoms with Crippen molar-refractivity contribution in [1.82, 2.24) is 5.43 Å². The fourth-order valence-corrected chi connectivity index (χ4v) is 1.25. The number of rotatable bonds is 4. The predicted molar refractivity (Wildman–Crippen MR) is 61.7 cm³/mol. The molecule has 0 heterocycles. The summed E-state index contributed by atoms with van der Waals surface area (Å²) in [7, 11) is 1.59. The van der Waals surface area contributed by atoms with Gasteiger partial charge in [-0.1, -0.05) is 0 Å². The summed E-state index contributed by atoms with van der Waals surface area (Å²) in [6, 6.07) is 6.92. The van der Waals surface area contributed by atoms with E-state index in [1.54, 1.807) is 37.6 Å². The summed E-state index contributed by atoms with van der Waals surface area (Å²) in [6.07, 6.45) is 4.16. The number of nitrogens with one attached hydrogen (secondary N) is 1. The van der Waals surface area contributed by atoms with E-state index in [9.17, 15) is 4.79 Å². The number of methoxy groups -OCH3 is 1. The van der Waals surface area contributed by atoms with Gasteiger partial charge in [-0.3, -0.25) is 4.79 Å². The summed E-state index contributed by atoms with van der Waals surface area (Å²) in [6.45, 7) is 0. The largest absolute Gasteiger partial charge is 0.497 e. The maximum atomic E-state index is 11.6. The van der Waals surface area contributed by atoms with Crippen molar-refractivity contribution in [2.75, 3.05) is 7.11 Å². The first-order valence-electron chi connectivity index (χ1n) is 5.27. The Hall–Kier alpha value is -1.84. The molecule has 1 N–H and O–H groups in total. The van der Waals surface area contributed by atoms with E-state index in [-0.39, 0.29) is 5.91 Å². The molecule has 1 aliphatic rings. The summed E-state index contributed by atoms with van der Waals surface area (Å²) >= 11 is 0. The fourth-order valence-electron chi connectivity index (χ4n) is 1.25. The number of benzene rings is 1. The summed E-state index contributed by atoms with van der Waals surface area (Å²) in [5.41, 5.74) is 3.07. The minimum atomic E-state index is -0.195. The molecule has 2 rings (SSSR count). The Morgan fingerprint density at radius 1 is 1.44 bits per heavy atom. The van der Waals surface area contributed by atoms with Gasteiger partial charge < -0.3 is 4.74 Å². The van der Waals surface area contributed by atoms with E-state index >= 15 is 0 Å². The summed E-state index contributed by atoms with van der Waals surface area (Å²) in [4.78, 5) is 11.6. The lowest BCUT2D eigenvalue weighted by Gasteiger charge is -2.01. The van der Waals surface area contributed by atoms with Crippen LogP contribution in [0.3, 0.4) is 0 Å². The smallest absolute Gasteiger partial charge is 0.271 e. The van der Waals surface area contributed by atoms with Crippen LogP contribution in [0.4, 0.5) is 0 Å². The van der Waals surface area contributed by atoms with Crippen LogP contribution in [-0.4, -0.2) is 19.2 Å². The minimum Gasteiger partial charge on any atom is -0.497 e. The van der Waals surface area contributed by atoms with E-state index in [0.29, 0.717) is 11.5 Å². The second kappa shape index (κ2) is 4.79. The van der Waals surface area contributed by atoms with E-state index < -0.39 is 0 Å². The SMILES string of the molecule is COc1ccc(C(=O)N/N=C\C2CC2)cc1. The monoisotopic (exact) mass is 218 g/mol. The lowest BCUT2D eigenvalue weighted by molar-refractivity contribution is 0.0955. The third-order valence-corrected chi connectivity index (χ3v) is 2.43. The van der Waals surface area contributed by atoms with Crippen molar-refractivity contribution in [1.29, 1.82) is 0 Å². The molecule has 1 aromatic rings. The first-order chi connectivity index (χ1) is 7.79. The Morgan fingerprint density at radius 2 is 2.12 bits per heavy atom. The number of hydrogen-bond donors (Lipinski definition) is 1. The van der Waals surface area contributed by atoms with E-state index in [0.717, 1.165) is 5.75 Å². The summed E-state index contributed by atoms with van der Waals surface area (Å²) in [5.74, 6) is 1.11. The molecule has 0 aromatic heterocycles. The Labute approximate surface area is 94.3 Å². The van der Waals surface area contributed by atoms with Crippen molar-refractivity contribution >= 4 is 12.1 Å². The highest BCUT2D eigenvalue weighted by atomic mass is 16.5. The molecule has 4 nitrogen and oxygen atoms in total. The number of hydrogen-bond acceptors (Lipinski definition) is 3. The molecule has 1 aliphatic carbocycles. The molecule has 1 fully saturated rings. The first kappa shape index (κ1) is 10.7. The highest BCUT2D eigenvalue weighted by Gasteiger charge is 2.18. The van der Waals surface area contributed by atoms with E-state index in [4.69, 9.17) is 4.74 Å². The molecule has 0 atom stereocenters. The molecule has 0 bridgehead atoms. The van der Waals surface area contributed by atoms with Crippen LogP contribution in [0.25, 0.3) is 0 Å². The molecule has 0 saturated heterocycles. The quantitative estimate of drug-likeness (QED) is 0.619. The average Bonchev–Trinajstić information content (AvgIpc) is 3.13. The Bertz CT molecular complexity index is 394. The van der Waals surface area contributed by atoms with Crippen LogP contribution in [0.1, 0.15) is 23.2 Å². The summed E-state index contributed by atoms with van der Waals surface area (Å²) in [5, 5.41) is 3.90. The lowest BCUT2D eigenvalue weighted by atomic mass is 10.2. The van der Waals surface area contributed by atoms with Crippen LogP contribution in [-0.2, 0) is 0 Å². The molecular formula is C12H14N2O2. The van der Waals surface area contributed by atoms with Crippen LogP contribution >= 0.6 is 0 Å². The van der Waals surface area contributed by atoms with Gasteiger partial charge in [0.05, 0.1) is 7.11 Å². The van der Waals surface area contributed by atoms with Crippen molar-refractivity contribution < 1.29 is 9.53 Å². The number of amides is 1. The molecule has 4 heteroatoms. The lowest BCUT2D eigenvalue weighted by Crippen LogP contribution is -2.17. The number of nitrogens with zero attached hydrogens (tertiary/aromatic N) is 1. The Kier molecular flexibility index (Phi) is 3.19. The van der Waals surface area contributed by atoms with Gasteiger partial charge in [-0.25, -0.2) is 5.43 Å². The molecule has 16 heavy (non-hydrogen) atoms. The maximum Gasteiger partial charge on any atom is 0.271 e. The molecule has 0 unspecified atom stereocenters. The number of ether oxygens (including phenoxy) is 1. The van der Waals surface area contributed by atoms with Gasteiger partial charge in [0.2, 0.25) is 0 Å². The molecule has 0 radical (unpaired) electrons. The number of carbonyl (C=O) groups is 1. The van der Waals surface area contributed by atoms with E-state index in [1.165, 1.54) is 12.8 Å². The highest BCUT2D eigenvalue weighted by molar-refractivity contribution is 5.94. The first-order valence-corrected chi connectivity index (χ1v) is 5.27. The predicted octanol–water partition coefficient (Wildman–Crippen LogP) is 1.82. The average molecular weight is 218 g/mol. The fraction of sp³-hybridized carbons (Fsp3) is 0.333. The number of hydrazone groups is 1. The van der Waals surface area contributed by atoms with Crippen LogP contribution in [0.15, 0.2) is 29.4 Å². The second-order valence-corrected chi connectivity index (χ2v) is 3.79. The normalized spacial score (nSPS) is 15.1. The maximum absolute atomic E-state index is 11.6. The third-order valence-electron chi connectivity index (χ3n) is 2.43. The van der Waals surface area contributed by atoms with Crippen LogP contribution in [0.5, 0.6) is 5.75 Å². The number of carbonyl (C=O) groups excluding carboxylic acids is 1. The van der Waals surface area contributed by atoms with Gasteiger partial charge in [0.1, 0.15) is 5.75 Å². The van der Waals surface area contributed by atoms with Crippen molar-refractivity contribution in [2.24, 2.45) is 11.0 Å². The van der Waals surface area contributed by atoms with Gasteiger partial charge in [0.25, 0.3) is 5.91 Å². The van der Waals surface area contributed by atoms with Crippen molar-refractivity contribution in [3.63, 3.8) is 0 Å². The van der Waals surface area contributed by atoms with Gasteiger partial charge in [0.15, 0.2) is 0 Å². The molecule has 0 aliphatic heterocycles. The van der Waals surface area contributed by atoms with Crippen molar-refractivity contribution in [3.05, 3.63) is 29.8 Å².